The van der Waals surface area contributed by atoms with E-state index in [9.17, 15) is 24.9 Å². The van der Waals surface area contributed by atoms with Crippen molar-refractivity contribution in [3.63, 3.8) is 0 Å². The third-order valence-electron chi connectivity index (χ3n) is 12.4. The van der Waals surface area contributed by atoms with Crippen molar-refractivity contribution < 1.29 is 72.3 Å². The maximum Gasteiger partial charge on any atom is 0.303 e. The van der Waals surface area contributed by atoms with Crippen molar-refractivity contribution >= 4 is 22.5 Å². The Hall–Kier alpha value is -3.12. The van der Waals surface area contributed by atoms with E-state index in [0.29, 0.717) is 54.7 Å². The van der Waals surface area contributed by atoms with E-state index in [1.165, 1.54) is 21.0 Å². The number of aliphatic hydroxyl groups is 2. The Morgan fingerprint density at radius 2 is 1.86 bits per heavy atom. The molecule has 2 bridgehead atoms. The molecule has 8 aliphatic rings. The molecule has 6 aliphatic heterocycles. The van der Waals surface area contributed by atoms with Crippen molar-refractivity contribution in [1.29, 1.82) is 0 Å². The summed E-state index contributed by atoms with van der Waals surface area (Å²) in [6.07, 6.45) is -4.13. The molecule has 10 atom stereocenters. The Kier molecular flexibility index (Phi) is 6.57. The summed E-state index contributed by atoms with van der Waals surface area (Å²) in [5.41, 5.74) is -2.77. The molecule has 51 heavy (non-hydrogen) atoms. The zero-order chi connectivity index (χ0) is 35.5. The van der Waals surface area contributed by atoms with Gasteiger partial charge in [-0.05, 0) is 44.7 Å². The first-order valence-electron chi connectivity index (χ1n) is 17.6. The van der Waals surface area contributed by atoms with Crippen LogP contribution < -0.4 is 9.47 Å². The first kappa shape index (κ1) is 32.5. The summed E-state index contributed by atoms with van der Waals surface area (Å²) in [5, 5.41) is 35.4. The number of carbonyl (C=O) groups excluding carboxylic acids is 2. The van der Waals surface area contributed by atoms with Crippen LogP contribution in [0.1, 0.15) is 79.1 Å². The van der Waals surface area contributed by atoms with Gasteiger partial charge in [-0.3, -0.25) is 9.59 Å². The minimum atomic E-state index is -1.88. The second kappa shape index (κ2) is 10.3. The Labute approximate surface area is 291 Å². The largest absolute Gasteiger partial charge is 0.506 e. The smallest absolute Gasteiger partial charge is 0.303 e. The summed E-state index contributed by atoms with van der Waals surface area (Å²) < 4.78 is 64.0. The van der Waals surface area contributed by atoms with E-state index in [0.717, 1.165) is 5.56 Å². The number of aromatic hydroxyl groups is 1. The molecule has 10 rings (SSSR count). The first-order chi connectivity index (χ1) is 24.3. The first-order valence-corrected chi connectivity index (χ1v) is 17.6. The number of ether oxygens (including phenoxy) is 10. The lowest BCUT2D eigenvalue weighted by Crippen LogP contribution is -2.80. The maximum atomic E-state index is 13.3. The van der Waals surface area contributed by atoms with E-state index in [1.54, 1.807) is 0 Å². The van der Waals surface area contributed by atoms with Crippen LogP contribution in [0.15, 0.2) is 6.07 Å². The fourth-order valence-corrected chi connectivity index (χ4v) is 9.99. The molecule has 0 aromatic heterocycles. The molecule has 2 aliphatic carbocycles. The van der Waals surface area contributed by atoms with Gasteiger partial charge in [-0.15, -0.1) is 0 Å². The number of ketones is 1. The van der Waals surface area contributed by atoms with Gasteiger partial charge in [-0.1, -0.05) is 0 Å². The number of phenolic OH excluding ortho intramolecular Hbond substituents is 1. The third-order valence-corrected chi connectivity index (χ3v) is 12.4. The molecule has 1 spiro atoms. The van der Waals surface area contributed by atoms with Crippen molar-refractivity contribution in [3.8, 4) is 17.2 Å². The number of esters is 1. The Balaban J connectivity index is 1.16. The molecule has 2 aromatic carbocycles. The molecule has 0 radical (unpaired) electrons. The fraction of sp³-hybridized carbons (Fsp3) is 0.667. The normalized spacial score (nSPS) is 43.3. The van der Waals surface area contributed by atoms with Crippen molar-refractivity contribution in [1.82, 2.24) is 0 Å². The topological polar surface area (TPSA) is 190 Å². The predicted octanol–water partition coefficient (Wildman–Crippen LogP) is 2.12. The van der Waals surface area contributed by atoms with Crippen LogP contribution in [-0.4, -0.2) is 113 Å². The quantitative estimate of drug-likeness (QED) is 0.302. The minimum absolute atomic E-state index is 0.0455. The SMILES string of the molecule is COc1c2c(c(O)c3c4c(c(C)cc13)C1OC3(C5OCCCO5)OC1[C@@](O[C@H]1CC(OC(C)=O)[C@]5(O)C(C[C@@]5(C)O)O1)(O4)[C@@]31CO1)C(=O)CCC2. The highest BCUT2D eigenvalue weighted by Gasteiger charge is 2.94. The molecule has 2 aromatic rings. The van der Waals surface area contributed by atoms with Gasteiger partial charge in [-0.25, -0.2) is 0 Å². The van der Waals surface area contributed by atoms with Gasteiger partial charge in [0, 0.05) is 42.7 Å². The lowest BCUT2D eigenvalue weighted by molar-refractivity contribution is -0.421. The van der Waals surface area contributed by atoms with Crippen LogP contribution in [0.4, 0.5) is 0 Å². The summed E-state index contributed by atoms with van der Waals surface area (Å²) in [6.45, 7) is 5.41. The highest BCUT2D eigenvalue weighted by molar-refractivity contribution is 6.11. The van der Waals surface area contributed by atoms with E-state index in [4.69, 9.17) is 47.4 Å². The third kappa shape index (κ3) is 3.79. The van der Waals surface area contributed by atoms with Gasteiger partial charge in [0.1, 0.15) is 29.5 Å². The number of Topliss-reactive ketones (excluding diaryl/α,β-unsaturated/α-hetero) is 1. The van der Waals surface area contributed by atoms with Gasteiger partial charge < -0.3 is 62.7 Å². The van der Waals surface area contributed by atoms with E-state index in [-0.39, 0.29) is 54.1 Å². The lowest BCUT2D eigenvalue weighted by atomic mass is 9.59. The molecule has 6 heterocycles. The summed E-state index contributed by atoms with van der Waals surface area (Å²) in [7, 11) is 1.53. The minimum Gasteiger partial charge on any atom is -0.506 e. The number of rotatable bonds is 5. The Bertz CT molecular complexity index is 1900. The zero-order valence-corrected chi connectivity index (χ0v) is 28.6. The number of phenols is 1. The van der Waals surface area contributed by atoms with Gasteiger partial charge in [0.15, 0.2) is 23.8 Å². The van der Waals surface area contributed by atoms with Crippen LogP contribution in [0, 0.1) is 6.92 Å². The van der Waals surface area contributed by atoms with Gasteiger partial charge in [-0.2, -0.15) is 0 Å². The highest BCUT2D eigenvalue weighted by Crippen LogP contribution is 2.73. The van der Waals surface area contributed by atoms with E-state index < -0.39 is 71.3 Å². The van der Waals surface area contributed by atoms with E-state index in [2.05, 4.69) is 0 Å². The molecule has 1 saturated carbocycles. The molecule has 15 nitrogen and oxygen atoms in total. The van der Waals surface area contributed by atoms with E-state index >= 15 is 0 Å². The monoisotopic (exact) mass is 712 g/mol. The van der Waals surface area contributed by atoms with Gasteiger partial charge in [0.05, 0.1) is 49.6 Å². The molecular weight excluding hydrogens is 672 g/mol. The van der Waals surface area contributed by atoms with Gasteiger partial charge >= 0.3 is 5.97 Å². The van der Waals surface area contributed by atoms with Crippen LogP contribution >= 0.6 is 0 Å². The summed E-state index contributed by atoms with van der Waals surface area (Å²) >= 11 is 0. The predicted molar refractivity (Wildman–Crippen MR) is 168 cm³/mol. The highest BCUT2D eigenvalue weighted by atomic mass is 16.9. The number of epoxide rings is 1. The number of methoxy groups -OCH3 is 1. The van der Waals surface area contributed by atoms with Crippen molar-refractivity contribution in [2.24, 2.45) is 0 Å². The molecule has 0 amide bonds. The van der Waals surface area contributed by atoms with Crippen LogP contribution in [-0.2, 0) is 49.1 Å². The summed E-state index contributed by atoms with van der Waals surface area (Å²) in [6, 6.07) is 1.89. The van der Waals surface area contributed by atoms with E-state index in [1.807, 2.05) is 13.0 Å². The standard InChI is InChI=1S/C36H40O15/c1-15-11-18-25(26(39)24-17(27(18)42-4)7-5-8-19(24)38)28-23(15)29-30-35(49-28,33(14-45-33)36(50-29,51-30)31-43-9-6-10-44-31)48-22-12-20(46-16(2)37)34(41)21(47-22)13-32(34,3)40/h11,20-22,29-31,39-41H,5-10,12-14H2,1-4H3/t20?,21?,22-,29?,30?,32+,33-,34-,35+,36?/m0/s1. The molecule has 274 valence electrons. The fourth-order valence-electron chi connectivity index (χ4n) is 9.99. The van der Waals surface area contributed by atoms with Crippen molar-refractivity contribution in [2.45, 2.75) is 125 Å². The number of hydrogen-bond acceptors (Lipinski definition) is 15. The van der Waals surface area contributed by atoms with Crippen LogP contribution in [0.3, 0.4) is 0 Å². The molecular formula is C36H40O15. The summed E-state index contributed by atoms with van der Waals surface area (Å²) in [4.78, 5) is 25.6. The van der Waals surface area contributed by atoms with Crippen LogP contribution in [0.2, 0.25) is 0 Å². The average Bonchev–Trinajstić information content (AvgIpc) is 3.75. The zero-order valence-electron chi connectivity index (χ0n) is 28.6. The van der Waals surface area contributed by atoms with Crippen molar-refractivity contribution in [3.05, 3.63) is 28.3 Å². The maximum absolute atomic E-state index is 13.3. The van der Waals surface area contributed by atoms with Crippen LogP contribution in [0.25, 0.3) is 10.8 Å². The Morgan fingerprint density at radius 3 is 2.55 bits per heavy atom. The average molecular weight is 713 g/mol. The lowest BCUT2D eigenvalue weighted by Gasteiger charge is -2.62. The number of hydrogen-bond donors (Lipinski definition) is 3. The number of fused-ring (bicyclic) bond motifs is 9. The molecule has 15 heteroatoms. The van der Waals surface area contributed by atoms with Gasteiger partial charge in [0.25, 0.3) is 11.6 Å². The molecule has 5 saturated heterocycles. The van der Waals surface area contributed by atoms with Crippen LogP contribution in [0.5, 0.6) is 17.2 Å². The van der Waals surface area contributed by atoms with Crippen molar-refractivity contribution in [2.75, 3.05) is 26.9 Å². The summed E-state index contributed by atoms with van der Waals surface area (Å²) in [5.74, 6) is -3.87. The second-order valence-corrected chi connectivity index (χ2v) is 15.2. The molecule has 3 N–H and O–H groups in total. The molecule has 6 fully saturated rings. The number of aryl methyl sites for hydroxylation is 1. The Morgan fingerprint density at radius 1 is 1.10 bits per heavy atom. The van der Waals surface area contributed by atoms with Gasteiger partial charge in [0.2, 0.25) is 11.9 Å². The number of benzene rings is 2. The second-order valence-electron chi connectivity index (χ2n) is 15.2. The number of carbonyl (C=O) groups is 2. The molecule has 5 unspecified atom stereocenters.